The molecule has 0 bridgehead atoms. The normalized spacial score (nSPS) is 10.7. The smallest absolute Gasteiger partial charge is 0.0628 e. The van der Waals surface area contributed by atoms with Gasteiger partial charge in [-0.3, -0.25) is 4.68 Å². The molecule has 0 aliphatic rings. The zero-order valence-electron chi connectivity index (χ0n) is 12.3. The molecule has 2 aromatic rings. The van der Waals surface area contributed by atoms with Crippen LogP contribution in [0.1, 0.15) is 29.4 Å². The summed E-state index contributed by atoms with van der Waals surface area (Å²) in [6, 6.07) is 8.37. The SMILES string of the molecule is CCc1c(C)nn(CCNc2ccccc2C)c1C. The van der Waals surface area contributed by atoms with Crippen LogP contribution in [0.2, 0.25) is 0 Å². The Morgan fingerprint density at radius 2 is 1.89 bits per heavy atom. The molecule has 1 N–H and O–H groups in total. The highest BCUT2D eigenvalue weighted by molar-refractivity contribution is 5.50. The highest BCUT2D eigenvalue weighted by Gasteiger charge is 2.08. The quantitative estimate of drug-likeness (QED) is 0.888. The van der Waals surface area contributed by atoms with Crippen molar-refractivity contribution in [2.75, 3.05) is 11.9 Å². The van der Waals surface area contributed by atoms with Gasteiger partial charge in [-0.15, -0.1) is 0 Å². The zero-order chi connectivity index (χ0) is 13.8. The van der Waals surface area contributed by atoms with E-state index >= 15 is 0 Å². The predicted molar refractivity (Wildman–Crippen MR) is 80.7 cm³/mol. The summed E-state index contributed by atoms with van der Waals surface area (Å²) >= 11 is 0. The Bertz CT molecular complexity index is 555. The molecule has 0 fully saturated rings. The van der Waals surface area contributed by atoms with E-state index in [4.69, 9.17) is 0 Å². The van der Waals surface area contributed by atoms with Gasteiger partial charge in [-0.05, 0) is 44.4 Å². The van der Waals surface area contributed by atoms with Crippen molar-refractivity contribution in [2.45, 2.75) is 40.7 Å². The van der Waals surface area contributed by atoms with E-state index in [1.165, 1.54) is 22.5 Å². The molecule has 0 atom stereocenters. The molecular formula is C16H23N3. The van der Waals surface area contributed by atoms with Crippen molar-refractivity contribution in [3.05, 3.63) is 46.8 Å². The summed E-state index contributed by atoms with van der Waals surface area (Å²) in [6.07, 6.45) is 1.06. The Hall–Kier alpha value is -1.77. The monoisotopic (exact) mass is 257 g/mol. The van der Waals surface area contributed by atoms with Crippen LogP contribution in [0.15, 0.2) is 24.3 Å². The van der Waals surface area contributed by atoms with Gasteiger partial charge in [0.25, 0.3) is 0 Å². The van der Waals surface area contributed by atoms with Crippen molar-refractivity contribution in [1.29, 1.82) is 0 Å². The van der Waals surface area contributed by atoms with E-state index in [1.54, 1.807) is 0 Å². The second kappa shape index (κ2) is 5.91. The van der Waals surface area contributed by atoms with Gasteiger partial charge < -0.3 is 5.32 Å². The average molecular weight is 257 g/mol. The molecule has 102 valence electrons. The molecule has 1 aromatic heterocycles. The molecule has 0 radical (unpaired) electrons. The predicted octanol–water partition coefficient (Wildman–Crippen LogP) is 3.48. The van der Waals surface area contributed by atoms with E-state index in [-0.39, 0.29) is 0 Å². The molecule has 0 saturated carbocycles. The molecule has 0 aliphatic heterocycles. The van der Waals surface area contributed by atoms with Gasteiger partial charge in [0.1, 0.15) is 0 Å². The molecule has 0 unspecified atom stereocenters. The van der Waals surface area contributed by atoms with Crippen LogP contribution < -0.4 is 5.32 Å². The number of nitrogens with one attached hydrogen (secondary N) is 1. The van der Waals surface area contributed by atoms with Crippen LogP contribution >= 0.6 is 0 Å². The number of benzene rings is 1. The van der Waals surface area contributed by atoms with E-state index in [0.29, 0.717) is 0 Å². The summed E-state index contributed by atoms with van der Waals surface area (Å²) in [4.78, 5) is 0. The first kappa shape index (κ1) is 13.7. The van der Waals surface area contributed by atoms with Crippen molar-refractivity contribution < 1.29 is 0 Å². The highest BCUT2D eigenvalue weighted by Crippen LogP contribution is 2.15. The molecule has 0 aliphatic carbocycles. The number of hydrogen-bond acceptors (Lipinski definition) is 2. The van der Waals surface area contributed by atoms with Crippen LogP contribution in [0.4, 0.5) is 5.69 Å². The van der Waals surface area contributed by atoms with E-state index in [1.807, 2.05) is 0 Å². The maximum Gasteiger partial charge on any atom is 0.0628 e. The first-order valence-electron chi connectivity index (χ1n) is 6.96. The number of rotatable bonds is 5. The fraction of sp³-hybridized carbons (Fsp3) is 0.438. The third kappa shape index (κ3) is 2.98. The van der Waals surface area contributed by atoms with E-state index < -0.39 is 0 Å². The third-order valence-electron chi connectivity index (χ3n) is 3.67. The van der Waals surface area contributed by atoms with Gasteiger partial charge in [-0.1, -0.05) is 25.1 Å². The number of para-hydroxylation sites is 1. The number of aryl methyl sites for hydroxylation is 2. The van der Waals surface area contributed by atoms with Crippen LogP contribution in [0, 0.1) is 20.8 Å². The van der Waals surface area contributed by atoms with Gasteiger partial charge in [-0.25, -0.2) is 0 Å². The van der Waals surface area contributed by atoms with E-state index in [0.717, 1.165) is 25.2 Å². The van der Waals surface area contributed by atoms with Crippen LogP contribution in [0.5, 0.6) is 0 Å². The molecule has 3 nitrogen and oxygen atoms in total. The van der Waals surface area contributed by atoms with Crippen molar-refractivity contribution >= 4 is 5.69 Å². The highest BCUT2D eigenvalue weighted by atomic mass is 15.3. The first-order chi connectivity index (χ1) is 9.13. The molecule has 1 aromatic carbocycles. The summed E-state index contributed by atoms with van der Waals surface area (Å²) in [5.41, 5.74) is 6.34. The lowest BCUT2D eigenvalue weighted by Gasteiger charge is -2.10. The standard InChI is InChI=1S/C16H23N3/c1-5-15-13(3)18-19(14(15)4)11-10-17-16-9-7-6-8-12(16)2/h6-9,17H,5,10-11H2,1-4H3. The van der Waals surface area contributed by atoms with Gasteiger partial charge in [-0.2, -0.15) is 5.10 Å². The second-order valence-electron chi connectivity index (χ2n) is 4.97. The van der Waals surface area contributed by atoms with E-state index in [9.17, 15) is 0 Å². The van der Waals surface area contributed by atoms with Gasteiger partial charge in [0.2, 0.25) is 0 Å². The fourth-order valence-electron chi connectivity index (χ4n) is 2.53. The summed E-state index contributed by atoms with van der Waals surface area (Å²) < 4.78 is 2.11. The molecule has 1 heterocycles. The van der Waals surface area contributed by atoms with Crippen molar-refractivity contribution in [3.8, 4) is 0 Å². The molecule has 0 amide bonds. The molecule has 0 saturated heterocycles. The molecule has 0 spiro atoms. The van der Waals surface area contributed by atoms with Crippen LogP contribution in [-0.4, -0.2) is 16.3 Å². The minimum absolute atomic E-state index is 0.899. The summed E-state index contributed by atoms with van der Waals surface area (Å²) in [5, 5.41) is 8.09. The Morgan fingerprint density at radius 1 is 1.16 bits per heavy atom. The lowest BCUT2D eigenvalue weighted by molar-refractivity contribution is 0.614. The largest absolute Gasteiger partial charge is 0.383 e. The average Bonchev–Trinajstić information content (AvgIpc) is 2.66. The first-order valence-corrected chi connectivity index (χ1v) is 6.96. The number of anilines is 1. The Balaban J connectivity index is 1.98. The van der Waals surface area contributed by atoms with E-state index in [2.05, 4.69) is 67.1 Å². The summed E-state index contributed by atoms with van der Waals surface area (Å²) in [6.45, 7) is 10.4. The third-order valence-corrected chi connectivity index (χ3v) is 3.67. The van der Waals surface area contributed by atoms with Crippen LogP contribution in [-0.2, 0) is 13.0 Å². The second-order valence-corrected chi connectivity index (χ2v) is 4.97. The van der Waals surface area contributed by atoms with Crippen LogP contribution in [0.25, 0.3) is 0 Å². The van der Waals surface area contributed by atoms with Crippen molar-refractivity contribution in [2.24, 2.45) is 0 Å². The Morgan fingerprint density at radius 3 is 2.53 bits per heavy atom. The number of hydrogen-bond donors (Lipinski definition) is 1. The minimum Gasteiger partial charge on any atom is -0.383 e. The molecular weight excluding hydrogens is 234 g/mol. The topological polar surface area (TPSA) is 29.9 Å². The lowest BCUT2D eigenvalue weighted by Crippen LogP contribution is -2.13. The Labute approximate surface area is 115 Å². The lowest BCUT2D eigenvalue weighted by atomic mass is 10.1. The molecule has 2 rings (SSSR count). The number of nitrogens with zero attached hydrogens (tertiary/aromatic N) is 2. The van der Waals surface area contributed by atoms with Gasteiger partial charge in [0.15, 0.2) is 0 Å². The van der Waals surface area contributed by atoms with Gasteiger partial charge >= 0.3 is 0 Å². The fourth-order valence-corrected chi connectivity index (χ4v) is 2.53. The van der Waals surface area contributed by atoms with Gasteiger partial charge in [0, 0.05) is 17.9 Å². The minimum atomic E-state index is 0.899. The molecule has 3 heteroatoms. The maximum atomic E-state index is 4.61. The number of aromatic nitrogens is 2. The Kier molecular flexibility index (Phi) is 4.25. The summed E-state index contributed by atoms with van der Waals surface area (Å²) in [5.74, 6) is 0. The zero-order valence-corrected chi connectivity index (χ0v) is 12.3. The molecule has 19 heavy (non-hydrogen) atoms. The maximum absolute atomic E-state index is 4.61. The van der Waals surface area contributed by atoms with Crippen molar-refractivity contribution in [3.63, 3.8) is 0 Å². The van der Waals surface area contributed by atoms with Crippen LogP contribution in [0.3, 0.4) is 0 Å². The van der Waals surface area contributed by atoms with Crippen molar-refractivity contribution in [1.82, 2.24) is 9.78 Å². The van der Waals surface area contributed by atoms with Gasteiger partial charge in [0.05, 0.1) is 12.2 Å². The summed E-state index contributed by atoms with van der Waals surface area (Å²) in [7, 11) is 0.